The molecule has 264 valence electrons. The monoisotopic (exact) mass is 706 g/mol. The van der Waals surface area contributed by atoms with Gasteiger partial charge in [0.2, 0.25) is 5.88 Å². The molecule has 1 aliphatic carbocycles. The predicted octanol–water partition coefficient (Wildman–Crippen LogP) is 7.25. The molecule has 3 aromatic heterocycles. The van der Waals surface area contributed by atoms with Gasteiger partial charge in [-0.05, 0) is 100 Å². The Bertz CT molecular complexity index is 2460. The van der Waals surface area contributed by atoms with Crippen LogP contribution in [0.2, 0.25) is 0 Å². The average molecular weight is 707 g/mol. The molecule has 1 fully saturated rings. The van der Waals surface area contributed by atoms with Crippen molar-refractivity contribution >= 4 is 28.6 Å². The summed E-state index contributed by atoms with van der Waals surface area (Å²) in [5.41, 5.74) is 1.79. The normalized spacial score (nSPS) is 13.7. The van der Waals surface area contributed by atoms with Crippen molar-refractivity contribution in [3.05, 3.63) is 112 Å². The molecule has 0 radical (unpaired) electrons. The molecule has 14 heteroatoms. The number of nitrogens with zero attached hydrogens (tertiary/aromatic N) is 5. The van der Waals surface area contributed by atoms with E-state index in [-0.39, 0.29) is 29.0 Å². The van der Waals surface area contributed by atoms with Crippen LogP contribution in [0.15, 0.2) is 84.0 Å². The topological polar surface area (TPSA) is 132 Å². The number of nitrogens with one attached hydrogen (secondary N) is 1. The molecular weight excluding hydrogens is 674 g/mol. The molecule has 2 aliphatic rings. The van der Waals surface area contributed by atoms with Crippen molar-refractivity contribution in [1.82, 2.24) is 24.1 Å². The lowest BCUT2D eigenvalue weighted by atomic mass is 9.97. The quantitative estimate of drug-likeness (QED) is 0.175. The van der Waals surface area contributed by atoms with E-state index in [1.165, 1.54) is 59.3 Å². The molecule has 0 atom stereocenters. The van der Waals surface area contributed by atoms with Gasteiger partial charge in [0.25, 0.3) is 11.5 Å². The van der Waals surface area contributed by atoms with E-state index in [4.69, 9.17) is 14.2 Å². The maximum Gasteiger partial charge on any atom is 0.435 e. The highest BCUT2D eigenvalue weighted by Crippen LogP contribution is 2.43. The number of pyridine rings is 1. The maximum absolute atomic E-state index is 15.7. The molecule has 6 aromatic rings. The van der Waals surface area contributed by atoms with E-state index in [9.17, 15) is 18.8 Å². The second kappa shape index (κ2) is 12.5. The number of amides is 1. The van der Waals surface area contributed by atoms with Crippen LogP contribution in [-0.4, -0.2) is 47.8 Å². The van der Waals surface area contributed by atoms with Gasteiger partial charge >= 0.3 is 6.09 Å². The Kier molecular flexibility index (Phi) is 7.89. The molecule has 8 rings (SSSR count). The number of anilines is 1. The maximum atomic E-state index is 15.7. The molecule has 0 bridgehead atoms. The molecular formula is C38H32F2N6O6. The fourth-order valence-corrected chi connectivity index (χ4v) is 6.16. The summed E-state index contributed by atoms with van der Waals surface area (Å²) in [4.78, 5) is 39.7. The van der Waals surface area contributed by atoms with E-state index in [0.29, 0.717) is 35.5 Å². The molecule has 1 amide bonds. The van der Waals surface area contributed by atoms with Crippen molar-refractivity contribution < 1.29 is 32.6 Å². The predicted molar refractivity (Wildman–Crippen MR) is 186 cm³/mol. The lowest BCUT2D eigenvalue weighted by Crippen LogP contribution is -2.29. The highest BCUT2D eigenvalue weighted by Gasteiger charge is 2.28. The van der Waals surface area contributed by atoms with Crippen LogP contribution < -0.4 is 20.3 Å². The van der Waals surface area contributed by atoms with E-state index >= 15 is 4.39 Å². The van der Waals surface area contributed by atoms with Gasteiger partial charge in [0.15, 0.2) is 11.6 Å². The van der Waals surface area contributed by atoms with Gasteiger partial charge in [0, 0.05) is 41.0 Å². The smallest absolute Gasteiger partial charge is 0.435 e. The van der Waals surface area contributed by atoms with Crippen LogP contribution in [0.3, 0.4) is 0 Å². The van der Waals surface area contributed by atoms with E-state index in [0.717, 1.165) is 40.1 Å². The van der Waals surface area contributed by atoms with Gasteiger partial charge in [0.1, 0.15) is 28.8 Å². The number of hydrogen-bond acceptors (Lipinski definition) is 8. The average Bonchev–Trinajstić information content (AvgIpc) is 3.43. The number of aromatic nitrogens is 5. The van der Waals surface area contributed by atoms with Gasteiger partial charge in [0.05, 0.1) is 23.6 Å². The summed E-state index contributed by atoms with van der Waals surface area (Å²) >= 11 is 0. The second-order valence-electron chi connectivity index (χ2n) is 13.7. The molecule has 1 N–H and O–H groups in total. The van der Waals surface area contributed by atoms with Crippen LogP contribution in [0, 0.1) is 11.6 Å². The number of aryl methyl sites for hydroxylation is 2. The van der Waals surface area contributed by atoms with Gasteiger partial charge < -0.3 is 19.5 Å². The van der Waals surface area contributed by atoms with E-state index in [1.807, 2.05) is 4.68 Å². The van der Waals surface area contributed by atoms with E-state index < -0.39 is 34.8 Å². The number of rotatable bonds is 8. The summed E-state index contributed by atoms with van der Waals surface area (Å²) in [6.45, 7) is 5.92. The van der Waals surface area contributed by atoms with Crippen molar-refractivity contribution in [3.63, 3.8) is 0 Å². The first-order chi connectivity index (χ1) is 24.9. The fourth-order valence-electron chi connectivity index (χ4n) is 6.16. The van der Waals surface area contributed by atoms with Gasteiger partial charge in [-0.15, -0.1) is 0 Å². The summed E-state index contributed by atoms with van der Waals surface area (Å²) < 4.78 is 51.2. The van der Waals surface area contributed by atoms with Gasteiger partial charge in [-0.2, -0.15) is 14.9 Å². The molecule has 1 aliphatic heterocycles. The minimum Gasteiger partial charge on any atom is -0.475 e. The fraction of sp³-hybridized carbons (Fsp3) is 0.237. The van der Waals surface area contributed by atoms with Crippen molar-refractivity contribution in [2.45, 2.75) is 58.3 Å². The van der Waals surface area contributed by atoms with Crippen molar-refractivity contribution in [2.24, 2.45) is 0 Å². The van der Waals surface area contributed by atoms with E-state index in [2.05, 4.69) is 15.5 Å². The summed E-state index contributed by atoms with van der Waals surface area (Å²) in [6.07, 6.45) is 6.40. The lowest BCUT2D eigenvalue weighted by molar-refractivity contribution is 0.0514. The zero-order valence-corrected chi connectivity index (χ0v) is 28.4. The van der Waals surface area contributed by atoms with Crippen molar-refractivity contribution in [3.8, 4) is 34.2 Å². The Balaban J connectivity index is 1.08. The molecule has 0 spiro atoms. The Morgan fingerprint density at radius 3 is 2.46 bits per heavy atom. The molecule has 52 heavy (non-hydrogen) atoms. The van der Waals surface area contributed by atoms with Crippen LogP contribution in [0.1, 0.15) is 49.5 Å². The van der Waals surface area contributed by atoms with Gasteiger partial charge in [-0.25, -0.2) is 18.1 Å². The van der Waals surface area contributed by atoms with Gasteiger partial charge in [-0.1, -0.05) is 0 Å². The summed E-state index contributed by atoms with van der Waals surface area (Å²) in [6, 6.07) is 13.8. The molecule has 0 unspecified atom stereocenters. The van der Waals surface area contributed by atoms with Crippen molar-refractivity contribution in [2.75, 3.05) is 5.32 Å². The Labute approximate surface area is 295 Å². The first-order valence-corrected chi connectivity index (χ1v) is 16.7. The standard InChI is InChI=1S/C38H32F2N6O6/c1-38(2,3)52-37(49)45-20-22(19-42-45)33-27-14-15-44-34(27)21(18-41-44)16-31(33)51-30-12-6-24(17-29(30)40)43-35(47)28-11-13-32(50-26-9-10-26)46(36(28)48)25-7-4-23(39)5-8-25/h4-8,11-13,16-20,26H,9-10,14-15H2,1-3H3,(H,43,47). The SMILES string of the molecule is CC(C)(C)OC(=O)n1cc(-c2c(Oc3ccc(NC(=O)c4ccc(OC5CC5)n(-c5ccc(F)cc5)c4=O)cc3F)cc3cnn4c3c2CC4)cn1. The summed E-state index contributed by atoms with van der Waals surface area (Å²) in [5, 5.41) is 12.1. The molecule has 4 heterocycles. The number of carbonyl (C=O) groups is 2. The van der Waals surface area contributed by atoms with Crippen LogP contribution in [0.5, 0.6) is 17.4 Å². The Morgan fingerprint density at radius 2 is 1.73 bits per heavy atom. The van der Waals surface area contributed by atoms with E-state index in [1.54, 1.807) is 39.2 Å². The third-order valence-electron chi connectivity index (χ3n) is 8.61. The minimum atomic E-state index is -0.780. The van der Waals surface area contributed by atoms with Crippen LogP contribution in [-0.2, 0) is 17.7 Å². The lowest BCUT2D eigenvalue weighted by Gasteiger charge is -2.18. The van der Waals surface area contributed by atoms with Gasteiger partial charge in [-0.3, -0.25) is 14.3 Å². The first kappa shape index (κ1) is 32.9. The second-order valence-corrected chi connectivity index (χ2v) is 13.7. The Morgan fingerprint density at radius 1 is 0.942 bits per heavy atom. The molecule has 1 saturated carbocycles. The van der Waals surface area contributed by atoms with Crippen LogP contribution in [0.25, 0.3) is 27.7 Å². The number of carbonyl (C=O) groups excluding carboxylic acids is 2. The minimum absolute atomic E-state index is 0.0426. The van der Waals surface area contributed by atoms with Crippen LogP contribution >= 0.6 is 0 Å². The number of hydrogen-bond donors (Lipinski definition) is 1. The summed E-state index contributed by atoms with van der Waals surface area (Å²) in [5.74, 6) is -1.62. The number of benzene rings is 3. The number of halogens is 2. The highest BCUT2D eigenvalue weighted by atomic mass is 19.1. The zero-order chi connectivity index (χ0) is 36.3. The van der Waals surface area contributed by atoms with Crippen molar-refractivity contribution in [1.29, 1.82) is 0 Å². The van der Waals surface area contributed by atoms with Crippen LogP contribution in [0.4, 0.5) is 19.3 Å². The third-order valence-corrected chi connectivity index (χ3v) is 8.61. The summed E-state index contributed by atoms with van der Waals surface area (Å²) in [7, 11) is 0. The molecule has 0 saturated heterocycles. The third kappa shape index (κ3) is 6.27. The largest absolute Gasteiger partial charge is 0.475 e. The zero-order valence-electron chi connectivity index (χ0n) is 28.4. The molecule has 3 aromatic carbocycles. The number of ether oxygens (including phenoxy) is 3. The highest BCUT2D eigenvalue weighted by molar-refractivity contribution is 6.04. The Hall–Kier alpha value is -6.31. The molecule has 12 nitrogen and oxygen atoms in total. The first-order valence-electron chi connectivity index (χ1n) is 16.7.